The minimum atomic E-state index is 0.0759. The van der Waals surface area contributed by atoms with Crippen LogP contribution in [-0.4, -0.2) is 44.5 Å². The number of para-hydroxylation sites is 1. The van der Waals surface area contributed by atoms with Crippen LogP contribution in [0, 0.1) is 0 Å². The number of nitrogens with zero attached hydrogens (tertiary/aromatic N) is 4. The fourth-order valence-electron chi connectivity index (χ4n) is 3.53. The van der Waals surface area contributed by atoms with Crippen molar-refractivity contribution in [3.63, 3.8) is 0 Å². The fourth-order valence-corrected chi connectivity index (χ4v) is 3.53. The smallest absolute Gasteiger partial charge is 0.255 e. The molecule has 1 fully saturated rings. The number of carbonyl (C=O) groups is 1. The predicted octanol–water partition coefficient (Wildman–Crippen LogP) is 2.66. The summed E-state index contributed by atoms with van der Waals surface area (Å²) >= 11 is 0. The lowest BCUT2D eigenvalue weighted by Crippen LogP contribution is -2.44. The summed E-state index contributed by atoms with van der Waals surface area (Å²) in [5.74, 6) is 0.0759. The van der Waals surface area contributed by atoms with Crippen LogP contribution in [0.2, 0.25) is 0 Å². The van der Waals surface area contributed by atoms with Gasteiger partial charge in [0.15, 0.2) is 0 Å². The Hall–Kier alpha value is -2.99. The van der Waals surface area contributed by atoms with Gasteiger partial charge in [0.25, 0.3) is 5.91 Å². The molecule has 1 amide bonds. The molecule has 1 aliphatic heterocycles. The van der Waals surface area contributed by atoms with Crippen LogP contribution in [0.25, 0.3) is 5.69 Å². The number of likely N-dealkylation sites (tertiary alicyclic amines) is 1. The molecule has 4 rings (SSSR count). The Morgan fingerprint density at radius 3 is 2.67 bits per heavy atom. The Labute approximate surface area is 158 Å². The highest BCUT2D eigenvalue weighted by Gasteiger charge is 2.23. The maximum absolute atomic E-state index is 12.5. The second-order valence-electron chi connectivity index (χ2n) is 6.79. The molecular weight excluding hydrogens is 338 g/mol. The lowest BCUT2D eigenvalue weighted by atomic mass is 10.0. The van der Waals surface area contributed by atoms with E-state index in [0.717, 1.165) is 38.2 Å². The number of hydrogen-bond acceptors (Lipinski definition) is 4. The zero-order chi connectivity index (χ0) is 18.5. The number of pyridine rings is 1. The minimum Gasteiger partial charge on any atom is -0.338 e. The van der Waals surface area contributed by atoms with Gasteiger partial charge in [-0.15, -0.1) is 0 Å². The van der Waals surface area contributed by atoms with Gasteiger partial charge in [-0.05, 0) is 36.6 Å². The first-order valence-electron chi connectivity index (χ1n) is 9.30. The maximum atomic E-state index is 12.5. The van der Waals surface area contributed by atoms with Crippen LogP contribution < -0.4 is 5.32 Å². The first-order chi connectivity index (χ1) is 13.3. The molecule has 6 heteroatoms. The number of benzene rings is 1. The van der Waals surface area contributed by atoms with Crippen molar-refractivity contribution in [1.82, 2.24) is 24.8 Å². The number of imidazole rings is 1. The first-order valence-corrected chi connectivity index (χ1v) is 9.30. The third kappa shape index (κ3) is 4.06. The van der Waals surface area contributed by atoms with Crippen molar-refractivity contribution in [1.29, 1.82) is 0 Å². The molecule has 1 aromatic carbocycles. The van der Waals surface area contributed by atoms with Crippen LogP contribution in [0.5, 0.6) is 0 Å². The molecule has 2 aromatic heterocycles. The van der Waals surface area contributed by atoms with Gasteiger partial charge in [-0.1, -0.05) is 18.2 Å². The molecule has 0 bridgehead atoms. The zero-order valence-electron chi connectivity index (χ0n) is 15.2. The summed E-state index contributed by atoms with van der Waals surface area (Å²) in [5.41, 5.74) is 3.05. The van der Waals surface area contributed by atoms with Crippen molar-refractivity contribution in [3.05, 3.63) is 78.6 Å². The molecule has 27 heavy (non-hydrogen) atoms. The Balaban J connectivity index is 1.32. The molecule has 0 radical (unpaired) electrons. The minimum absolute atomic E-state index is 0.0759. The van der Waals surface area contributed by atoms with Gasteiger partial charge in [-0.3, -0.25) is 9.78 Å². The number of amides is 1. The lowest BCUT2D eigenvalue weighted by Gasteiger charge is -2.32. The summed E-state index contributed by atoms with van der Waals surface area (Å²) in [6.07, 6.45) is 10.8. The molecular formula is C21H23N5O. The van der Waals surface area contributed by atoms with Gasteiger partial charge in [0.2, 0.25) is 0 Å². The molecule has 6 nitrogen and oxygen atoms in total. The van der Waals surface area contributed by atoms with Crippen LogP contribution in [-0.2, 0) is 6.54 Å². The van der Waals surface area contributed by atoms with Gasteiger partial charge >= 0.3 is 0 Å². The Bertz CT molecular complexity index is 871. The largest absolute Gasteiger partial charge is 0.338 e. The molecule has 1 saturated heterocycles. The van der Waals surface area contributed by atoms with Crippen LogP contribution in [0.1, 0.15) is 28.8 Å². The molecule has 1 aliphatic rings. The quantitative estimate of drug-likeness (QED) is 0.759. The van der Waals surface area contributed by atoms with E-state index in [1.807, 2.05) is 34.1 Å². The van der Waals surface area contributed by atoms with Crippen molar-refractivity contribution >= 4 is 5.91 Å². The number of piperidine rings is 1. The summed E-state index contributed by atoms with van der Waals surface area (Å²) in [6, 6.07) is 12.4. The van der Waals surface area contributed by atoms with E-state index in [0.29, 0.717) is 11.6 Å². The molecule has 0 atom stereocenters. The second kappa shape index (κ2) is 8.14. The summed E-state index contributed by atoms with van der Waals surface area (Å²) in [5, 5.41) is 3.66. The molecule has 138 valence electrons. The van der Waals surface area contributed by atoms with Gasteiger partial charge in [0.05, 0.1) is 17.6 Å². The number of aromatic nitrogens is 3. The molecule has 3 heterocycles. The standard InChI is InChI=1S/C21H23N5O/c27-21(18-5-3-9-22-14-18)25-11-7-19(8-12-25)24-15-17-4-1-2-6-20(17)26-13-10-23-16-26/h1-6,9-10,13-14,16,19,24H,7-8,11-12,15H2. The molecule has 0 spiro atoms. The predicted molar refractivity (Wildman–Crippen MR) is 104 cm³/mol. The summed E-state index contributed by atoms with van der Waals surface area (Å²) in [4.78, 5) is 22.6. The van der Waals surface area contributed by atoms with Crippen molar-refractivity contribution in [2.45, 2.75) is 25.4 Å². The summed E-state index contributed by atoms with van der Waals surface area (Å²) < 4.78 is 2.03. The summed E-state index contributed by atoms with van der Waals surface area (Å²) in [6.45, 7) is 2.35. The van der Waals surface area contributed by atoms with E-state index in [1.54, 1.807) is 24.7 Å². The van der Waals surface area contributed by atoms with E-state index in [1.165, 1.54) is 5.56 Å². The molecule has 0 aliphatic carbocycles. The average molecular weight is 361 g/mol. The number of nitrogens with one attached hydrogen (secondary N) is 1. The molecule has 0 unspecified atom stereocenters. The Morgan fingerprint density at radius 1 is 1.07 bits per heavy atom. The van der Waals surface area contributed by atoms with Crippen molar-refractivity contribution in [2.24, 2.45) is 0 Å². The molecule has 1 N–H and O–H groups in total. The van der Waals surface area contributed by atoms with E-state index >= 15 is 0 Å². The van der Waals surface area contributed by atoms with E-state index < -0.39 is 0 Å². The highest BCUT2D eigenvalue weighted by atomic mass is 16.2. The number of rotatable bonds is 5. The highest BCUT2D eigenvalue weighted by molar-refractivity contribution is 5.93. The Morgan fingerprint density at radius 2 is 1.93 bits per heavy atom. The highest BCUT2D eigenvalue weighted by Crippen LogP contribution is 2.17. The monoisotopic (exact) mass is 361 g/mol. The van der Waals surface area contributed by atoms with Crippen LogP contribution in [0.15, 0.2) is 67.5 Å². The van der Waals surface area contributed by atoms with Gasteiger partial charge in [0.1, 0.15) is 0 Å². The Kier molecular flexibility index (Phi) is 5.25. The molecule has 3 aromatic rings. The van der Waals surface area contributed by atoms with Crippen LogP contribution in [0.3, 0.4) is 0 Å². The van der Waals surface area contributed by atoms with Gasteiger partial charge < -0.3 is 14.8 Å². The molecule has 0 saturated carbocycles. The zero-order valence-corrected chi connectivity index (χ0v) is 15.2. The normalized spacial score (nSPS) is 15.0. The third-order valence-electron chi connectivity index (χ3n) is 5.05. The van der Waals surface area contributed by atoms with Gasteiger partial charge in [0, 0.05) is 50.5 Å². The van der Waals surface area contributed by atoms with Gasteiger partial charge in [-0.25, -0.2) is 4.98 Å². The van der Waals surface area contributed by atoms with Crippen LogP contribution in [0.4, 0.5) is 0 Å². The lowest BCUT2D eigenvalue weighted by molar-refractivity contribution is 0.0704. The van der Waals surface area contributed by atoms with Crippen molar-refractivity contribution in [2.75, 3.05) is 13.1 Å². The van der Waals surface area contributed by atoms with Gasteiger partial charge in [-0.2, -0.15) is 0 Å². The third-order valence-corrected chi connectivity index (χ3v) is 5.05. The van der Waals surface area contributed by atoms with E-state index in [9.17, 15) is 4.79 Å². The average Bonchev–Trinajstić information content (AvgIpc) is 3.28. The van der Waals surface area contributed by atoms with Crippen molar-refractivity contribution < 1.29 is 4.79 Å². The fraction of sp³-hybridized carbons (Fsp3) is 0.286. The SMILES string of the molecule is O=C(c1cccnc1)N1CCC(NCc2ccccc2-n2ccnc2)CC1. The number of carbonyl (C=O) groups excluding carboxylic acids is 1. The van der Waals surface area contributed by atoms with E-state index in [-0.39, 0.29) is 5.91 Å². The topological polar surface area (TPSA) is 63.1 Å². The van der Waals surface area contributed by atoms with Crippen molar-refractivity contribution in [3.8, 4) is 5.69 Å². The summed E-state index contributed by atoms with van der Waals surface area (Å²) in [7, 11) is 0. The van der Waals surface area contributed by atoms with Crippen LogP contribution >= 0.6 is 0 Å². The maximum Gasteiger partial charge on any atom is 0.255 e. The number of hydrogen-bond donors (Lipinski definition) is 1. The first kappa shape index (κ1) is 17.4. The second-order valence-corrected chi connectivity index (χ2v) is 6.79. The van der Waals surface area contributed by atoms with E-state index in [2.05, 4.69) is 33.5 Å². The van der Waals surface area contributed by atoms with E-state index in [4.69, 9.17) is 0 Å².